The molecular weight excluding hydrogens is 532 g/mol. The summed E-state index contributed by atoms with van der Waals surface area (Å²) in [5, 5.41) is 10.5. The Balaban J connectivity index is 1.22. The number of nitrogens with zero attached hydrogens (tertiary/aromatic N) is 4. The fourth-order valence-electron chi connectivity index (χ4n) is 5.50. The Morgan fingerprint density at radius 1 is 0.953 bits per heavy atom. The van der Waals surface area contributed by atoms with Crippen molar-refractivity contribution < 1.29 is 0 Å². The van der Waals surface area contributed by atoms with Crippen molar-refractivity contribution in [2.45, 2.75) is 26.6 Å². The van der Waals surface area contributed by atoms with Gasteiger partial charge in [0.1, 0.15) is 29.0 Å². The zero-order chi connectivity index (χ0) is 29.2. The number of aromatic nitrogens is 5. The molecule has 1 saturated heterocycles. The van der Waals surface area contributed by atoms with Crippen molar-refractivity contribution >= 4 is 28.0 Å². The van der Waals surface area contributed by atoms with Crippen molar-refractivity contribution in [2.75, 3.05) is 11.9 Å². The molecule has 212 valence electrons. The van der Waals surface area contributed by atoms with Crippen molar-refractivity contribution in [1.82, 2.24) is 35.6 Å². The van der Waals surface area contributed by atoms with E-state index in [4.69, 9.17) is 9.97 Å². The molecule has 0 saturated carbocycles. The predicted molar refractivity (Wildman–Crippen MR) is 173 cm³/mol. The van der Waals surface area contributed by atoms with E-state index in [-0.39, 0.29) is 6.17 Å². The van der Waals surface area contributed by atoms with E-state index >= 15 is 0 Å². The van der Waals surface area contributed by atoms with E-state index in [9.17, 15) is 0 Å². The Kier molecular flexibility index (Phi) is 7.10. The standard InChI is InChI=1S/C35H32N8/c1-3-10-23(20-36-19-22-11-6-5-7-12-22)17-24(4-2)25-18-26-29(32-35(42-32)43-33(26)39-21-25)34-40-28-14-16-38-30(31(28)41-34)27-13-8-9-15-37-27/h3-18,21,35-36,42H,19-20H2,1-2H3,(H,39,43)(H,40,41)/b10-3+,23-17+,24-4+. The minimum Gasteiger partial charge on any atom is -0.360 e. The molecule has 0 radical (unpaired) electrons. The number of anilines is 1. The van der Waals surface area contributed by atoms with Gasteiger partial charge in [-0.3, -0.25) is 9.97 Å². The summed E-state index contributed by atoms with van der Waals surface area (Å²) in [5.74, 6) is 1.61. The normalized spacial score (nSPS) is 16.2. The molecule has 1 aromatic carbocycles. The monoisotopic (exact) mass is 564 g/mol. The Hall–Kier alpha value is -5.34. The van der Waals surface area contributed by atoms with Crippen molar-refractivity contribution in [1.29, 1.82) is 0 Å². The molecule has 8 nitrogen and oxygen atoms in total. The summed E-state index contributed by atoms with van der Waals surface area (Å²) in [6.07, 6.45) is 14.2. The number of H-pyrrole nitrogens is 1. The second kappa shape index (κ2) is 11.5. The number of hydrogen-bond donors (Lipinski definition) is 4. The predicted octanol–water partition coefficient (Wildman–Crippen LogP) is 6.22. The van der Waals surface area contributed by atoms with Crippen molar-refractivity contribution in [3.8, 4) is 11.4 Å². The van der Waals surface area contributed by atoms with E-state index < -0.39 is 0 Å². The minimum atomic E-state index is 0.0560. The molecular formula is C35H32N8. The van der Waals surface area contributed by atoms with Crippen LogP contribution in [-0.2, 0) is 6.54 Å². The number of fused-ring (bicyclic) bond motifs is 3. The van der Waals surface area contributed by atoms with Crippen LogP contribution in [0.15, 0.2) is 115 Å². The average Bonchev–Trinajstić information content (AvgIpc) is 3.69. The molecule has 4 N–H and O–H groups in total. The van der Waals surface area contributed by atoms with E-state index in [1.54, 1.807) is 12.4 Å². The molecule has 0 amide bonds. The fraction of sp³-hybridized carbons (Fsp3) is 0.143. The van der Waals surface area contributed by atoms with Crippen LogP contribution in [0.2, 0.25) is 0 Å². The van der Waals surface area contributed by atoms with E-state index in [1.165, 1.54) is 11.1 Å². The first kappa shape index (κ1) is 26.6. The minimum absolute atomic E-state index is 0.0560. The molecule has 1 unspecified atom stereocenters. The first-order valence-electron chi connectivity index (χ1n) is 14.5. The first-order chi connectivity index (χ1) is 21.2. The third-order valence-corrected chi connectivity index (χ3v) is 7.62. The molecule has 0 spiro atoms. The molecule has 0 bridgehead atoms. The number of aromatic amines is 1. The smallest absolute Gasteiger partial charge is 0.141 e. The Morgan fingerprint density at radius 2 is 1.84 bits per heavy atom. The molecule has 6 heterocycles. The topological polar surface area (TPSA) is 113 Å². The second-order valence-electron chi connectivity index (χ2n) is 10.5. The van der Waals surface area contributed by atoms with E-state index in [0.717, 1.165) is 75.1 Å². The van der Waals surface area contributed by atoms with Crippen LogP contribution in [0.5, 0.6) is 0 Å². The molecule has 0 aliphatic carbocycles. The molecule has 7 rings (SSSR count). The fourth-order valence-corrected chi connectivity index (χ4v) is 5.50. The molecule has 2 aliphatic heterocycles. The highest BCUT2D eigenvalue weighted by Crippen LogP contribution is 2.42. The van der Waals surface area contributed by atoms with Crippen LogP contribution < -0.4 is 16.0 Å². The van der Waals surface area contributed by atoms with Gasteiger partial charge in [0.25, 0.3) is 0 Å². The third kappa shape index (κ3) is 5.36. The van der Waals surface area contributed by atoms with Crippen LogP contribution in [-0.4, -0.2) is 37.6 Å². The lowest BCUT2D eigenvalue weighted by Gasteiger charge is -2.17. The maximum atomic E-state index is 5.06. The van der Waals surface area contributed by atoms with Gasteiger partial charge in [0.05, 0.1) is 22.5 Å². The van der Waals surface area contributed by atoms with Gasteiger partial charge in [-0.15, -0.1) is 0 Å². The molecule has 43 heavy (non-hydrogen) atoms. The first-order valence-corrected chi connectivity index (χ1v) is 14.5. The highest BCUT2D eigenvalue weighted by Gasteiger charge is 2.40. The Bertz CT molecular complexity index is 1920. The zero-order valence-corrected chi connectivity index (χ0v) is 24.1. The van der Waals surface area contributed by atoms with Crippen molar-refractivity contribution in [3.05, 3.63) is 137 Å². The summed E-state index contributed by atoms with van der Waals surface area (Å²) < 4.78 is 0. The van der Waals surface area contributed by atoms with Crippen molar-refractivity contribution in [3.63, 3.8) is 0 Å². The largest absolute Gasteiger partial charge is 0.360 e. The van der Waals surface area contributed by atoms with Gasteiger partial charge in [-0.2, -0.15) is 0 Å². The number of imidazole rings is 1. The average molecular weight is 565 g/mol. The van der Waals surface area contributed by atoms with E-state index in [0.29, 0.717) is 0 Å². The molecule has 1 fully saturated rings. The second-order valence-corrected chi connectivity index (χ2v) is 10.5. The van der Waals surface area contributed by atoms with E-state index in [2.05, 4.69) is 92.5 Å². The van der Waals surface area contributed by atoms with E-state index in [1.807, 2.05) is 43.5 Å². The Labute approximate surface area is 250 Å². The van der Waals surface area contributed by atoms with Gasteiger partial charge in [0.15, 0.2) is 0 Å². The van der Waals surface area contributed by atoms with Crippen LogP contribution in [0.25, 0.3) is 33.6 Å². The summed E-state index contributed by atoms with van der Waals surface area (Å²) >= 11 is 0. The van der Waals surface area contributed by atoms with Gasteiger partial charge in [-0.05, 0) is 54.8 Å². The number of nitrogens with one attached hydrogen (secondary N) is 4. The number of rotatable bonds is 9. The van der Waals surface area contributed by atoms with Gasteiger partial charge in [-0.1, -0.05) is 60.7 Å². The lowest BCUT2D eigenvalue weighted by atomic mass is 9.97. The van der Waals surface area contributed by atoms with Crippen LogP contribution >= 0.6 is 0 Å². The lowest BCUT2D eigenvalue weighted by molar-refractivity contribution is 0.747. The molecule has 2 aliphatic rings. The third-order valence-electron chi connectivity index (χ3n) is 7.62. The maximum absolute atomic E-state index is 5.06. The molecule has 8 heteroatoms. The van der Waals surface area contributed by atoms with Gasteiger partial charge in [-0.25, -0.2) is 9.97 Å². The van der Waals surface area contributed by atoms with Crippen molar-refractivity contribution in [2.24, 2.45) is 0 Å². The Morgan fingerprint density at radius 3 is 2.65 bits per heavy atom. The number of hydrogen-bond acceptors (Lipinski definition) is 7. The quantitative estimate of drug-likeness (QED) is 0.124. The summed E-state index contributed by atoms with van der Waals surface area (Å²) in [4.78, 5) is 22.6. The number of allylic oxidation sites excluding steroid dienone is 4. The summed E-state index contributed by atoms with van der Waals surface area (Å²) in [7, 11) is 0. The highest BCUT2D eigenvalue weighted by atomic mass is 15.3. The number of pyridine rings is 3. The van der Waals surface area contributed by atoms with Crippen LogP contribution in [0.1, 0.15) is 36.4 Å². The van der Waals surface area contributed by atoms with Gasteiger partial charge in [0, 0.05) is 42.8 Å². The van der Waals surface area contributed by atoms with Crippen LogP contribution in [0, 0.1) is 0 Å². The van der Waals surface area contributed by atoms with Crippen LogP contribution in [0.4, 0.5) is 5.82 Å². The summed E-state index contributed by atoms with van der Waals surface area (Å²) in [6, 6.07) is 20.4. The molecule has 5 aromatic rings. The zero-order valence-electron chi connectivity index (χ0n) is 24.1. The molecule has 1 atom stereocenters. The molecule has 4 aromatic heterocycles. The SMILES string of the molecule is C/C=C/C(=C\C(=C/C)c1cnc2c(c1)C(c1nc3c(-c4ccccn4)nccc3[nH]1)=C1NC1N2)CNCc1ccccc1. The van der Waals surface area contributed by atoms with Gasteiger partial charge < -0.3 is 20.9 Å². The highest BCUT2D eigenvalue weighted by molar-refractivity contribution is 5.96. The summed E-state index contributed by atoms with van der Waals surface area (Å²) in [5.41, 5.74) is 11.0. The van der Waals surface area contributed by atoms with Gasteiger partial charge in [0.2, 0.25) is 0 Å². The lowest BCUT2D eigenvalue weighted by Crippen LogP contribution is -2.16. The van der Waals surface area contributed by atoms with Crippen LogP contribution in [0.3, 0.4) is 0 Å². The maximum Gasteiger partial charge on any atom is 0.141 e. The number of benzene rings is 1. The summed E-state index contributed by atoms with van der Waals surface area (Å²) in [6.45, 7) is 5.68. The van der Waals surface area contributed by atoms with Gasteiger partial charge >= 0.3 is 0 Å².